The van der Waals surface area contributed by atoms with Crippen molar-refractivity contribution in [1.29, 1.82) is 0 Å². The van der Waals surface area contributed by atoms with Gasteiger partial charge in [-0.15, -0.1) is 5.10 Å². The largest absolute Gasteiger partial charge is 0.403 e. The Kier molecular flexibility index (Phi) is 3.94. The number of anilines is 1. The monoisotopic (exact) mass is 289 g/mol. The van der Waals surface area contributed by atoms with Crippen LogP contribution in [0.5, 0.6) is 0 Å². The van der Waals surface area contributed by atoms with E-state index in [4.69, 9.17) is 4.42 Å². The Morgan fingerprint density at radius 1 is 1.14 bits per heavy atom. The Balaban J connectivity index is 1.67. The lowest BCUT2D eigenvalue weighted by molar-refractivity contribution is -0.120. The van der Waals surface area contributed by atoms with E-state index in [1.54, 1.807) is 12.1 Å². The summed E-state index contributed by atoms with van der Waals surface area (Å²) < 4.78 is 18.3. The van der Waals surface area contributed by atoms with Crippen molar-refractivity contribution in [1.82, 2.24) is 10.2 Å². The molecule has 1 saturated carbocycles. The maximum atomic E-state index is 12.9. The van der Waals surface area contributed by atoms with E-state index in [-0.39, 0.29) is 29.5 Å². The van der Waals surface area contributed by atoms with Crippen molar-refractivity contribution < 1.29 is 13.6 Å². The van der Waals surface area contributed by atoms with Crippen LogP contribution in [0.3, 0.4) is 0 Å². The van der Waals surface area contributed by atoms with E-state index in [9.17, 15) is 9.18 Å². The van der Waals surface area contributed by atoms with Crippen LogP contribution in [0.2, 0.25) is 0 Å². The highest BCUT2D eigenvalue weighted by molar-refractivity contribution is 5.90. The molecule has 1 aliphatic rings. The Bertz CT molecular complexity index is 618. The number of aromatic nitrogens is 2. The predicted molar refractivity (Wildman–Crippen MR) is 74.9 cm³/mol. The second-order valence-corrected chi connectivity index (χ2v) is 5.24. The summed E-state index contributed by atoms with van der Waals surface area (Å²) in [5.41, 5.74) is 0.613. The minimum Gasteiger partial charge on any atom is -0.403 e. The Morgan fingerprint density at radius 3 is 2.57 bits per heavy atom. The molecule has 2 aromatic rings. The zero-order valence-corrected chi connectivity index (χ0v) is 11.5. The number of nitrogens with zero attached hydrogens (tertiary/aromatic N) is 2. The molecule has 1 aromatic carbocycles. The first-order chi connectivity index (χ1) is 10.2. The van der Waals surface area contributed by atoms with Gasteiger partial charge in [-0.05, 0) is 37.1 Å². The van der Waals surface area contributed by atoms with Gasteiger partial charge in [-0.3, -0.25) is 10.1 Å². The first-order valence-electron chi connectivity index (χ1n) is 7.13. The molecular formula is C15H16FN3O2. The predicted octanol–water partition coefficient (Wildman–Crippen LogP) is 3.39. The Labute approximate surface area is 121 Å². The number of rotatable bonds is 3. The number of hydrogen-bond donors (Lipinski definition) is 1. The molecule has 110 valence electrons. The average molecular weight is 289 g/mol. The number of carbonyl (C=O) groups excluding carboxylic acids is 1. The Morgan fingerprint density at radius 2 is 1.86 bits per heavy atom. The molecule has 0 atom stereocenters. The second kappa shape index (κ2) is 6.03. The highest BCUT2D eigenvalue weighted by Crippen LogP contribution is 2.25. The lowest BCUT2D eigenvalue weighted by Gasteiger charge is -2.19. The molecule has 5 nitrogen and oxygen atoms in total. The van der Waals surface area contributed by atoms with Gasteiger partial charge < -0.3 is 4.42 Å². The molecule has 0 aliphatic heterocycles. The van der Waals surface area contributed by atoms with E-state index in [1.165, 1.54) is 18.6 Å². The van der Waals surface area contributed by atoms with E-state index in [0.29, 0.717) is 5.56 Å². The summed E-state index contributed by atoms with van der Waals surface area (Å²) in [6.45, 7) is 0. The minimum atomic E-state index is -0.330. The molecule has 3 rings (SSSR count). The molecular weight excluding hydrogens is 273 g/mol. The van der Waals surface area contributed by atoms with Crippen molar-refractivity contribution in [2.45, 2.75) is 32.1 Å². The summed E-state index contributed by atoms with van der Waals surface area (Å²) in [7, 11) is 0. The van der Waals surface area contributed by atoms with Crippen LogP contribution in [-0.4, -0.2) is 16.1 Å². The molecule has 1 aliphatic carbocycles. The lowest BCUT2D eigenvalue weighted by atomic mass is 9.89. The fourth-order valence-corrected chi connectivity index (χ4v) is 2.56. The van der Waals surface area contributed by atoms with Gasteiger partial charge in [0.2, 0.25) is 11.8 Å². The van der Waals surface area contributed by atoms with Gasteiger partial charge in [0.25, 0.3) is 0 Å². The van der Waals surface area contributed by atoms with Crippen molar-refractivity contribution in [3.8, 4) is 11.5 Å². The van der Waals surface area contributed by atoms with E-state index in [1.807, 2.05) is 0 Å². The van der Waals surface area contributed by atoms with Crippen LogP contribution in [0.4, 0.5) is 10.4 Å². The number of carbonyl (C=O) groups is 1. The van der Waals surface area contributed by atoms with E-state index in [0.717, 1.165) is 25.7 Å². The number of hydrogen-bond acceptors (Lipinski definition) is 4. The first kappa shape index (κ1) is 13.7. The van der Waals surface area contributed by atoms with Crippen molar-refractivity contribution in [2.24, 2.45) is 5.92 Å². The number of nitrogens with one attached hydrogen (secondary N) is 1. The van der Waals surface area contributed by atoms with Crippen molar-refractivity contribution >= 4 is 11.9 Å². The van der Waals surface area contributed by atoms with Crippen molar-refractivity contribution in [2.75, 3.05) is 5.32 Å². The zero-order chi connectivity index (χ0) is 14.7. The summed E-state index contributed by atoms with van der Waals surface area (Å²) in [4.78, 5) is 12.1. The molecule has 0 spiro atoms. The first-order valence-corrected chi connectivity index (χ1v) is 7.13. The summed E-state index contributed by atoms with van der Waals surface area (Å²) in [5.74, 6) is -0.109. The molecule has 1 aromatic heterocycles. The summed E-state index contributed by atoms with van der Waals surface area (Å²) in [6, 6.07) is 5.83. The molecule has 1 amide bonds. The normalized spacial score (nSPS) is 15.9. The number of halogens is 1. The highest BCUT2D eigenvalue weighted by Gasteiger charge is 2.22. The molecule has 0 unspecified atom stereocenters. The molecule has 1 heterocycles. The lowest BCUT2D eigenvalue weighted by Crippen LogP contribution is -2.24. The van der Waals surface area contributed by atoms with Gasteiger partial charge in [-0.2, -0.15) is 0 Å². The number of amides is 1. The van der Waals surface area contributed by atoms with Gasteiger partial charge in [-0.1, -0.05) is 24.4 Å². The summed E-state index contributed by atoms with van der Waals surface area (Å²) in [5, 5.41) is 10.3. The summed E-state index contributed by atoms with van der Waals surface area (Å²) >= 11 is 0. The third-order valence-electron chi connectivity index (χ3n) is 3.72. The zero-order valence-electron chi connectivity index (χ0n) is 11.5. The van der Waals surface area contributed by atoms with E-state index in [2.05, 4.69) is 15.5 Å². The van der Waals surface area contributed by atoms with Crippen LogP contribution < -0.4 is 5.32 Å². The van der Waals surface area contributed by atoms with Crippen LogP contribution in [-0.2, 0) is 4.79 Å². The molecule has 0 radical (unpaired) electrons. The fraction of sp³-hybridized carbons (Fsp3) is 0.400. The SMILES string of the molecule is O=C(Nc1nnc(-c2ccc(F)cc2)o1)C1CCCCC1. The second-order valence-electron chi connectivity index (χ2n) is 5.24. The van der Waals surface area contributed by atoms with Crippen LogP contribution in [0.25, 0.3) is 11.5 Å². The fourth-order valence-electron chi connectivity index (χ4n) is 2.56. The maximum absolute atomic E-state index is 12.9. The van der Waals surface area contributed by atoms with Crippen LogP contribution >= 0.6 is 0 Å². The quantitative estimate of drug-likeness (QED) is 0.940. The van der Waals surface area contributed by atoms with Gasteiger partial charge in [0.05, 0.1) is 0 Å². The van der Waals surface area contributed by atoms with Gasteiger partial charge >= 0.3 is 6.01 Å². The summed E-state index contributed by atoms with van der Waals surface area (Å²) in [6.07, 6.45) is 5.18. The minimum absolute atomic E-state index is 0.0277. The van der Waals surface area contributed by atoms with E-state index >= 15 is 0 Å². The average Bonchev–Trinajstić information content (AvgIpc) is 2.97. The van der Waals surface area contributed by atoms with Gasteiger partial charge in [0.15, 0.2) is 0 Å². The van der Waals surface area contributed by atoms with Crippen LogP contribution in [0.1, 0.15) is 32.1 Å². The topological polar surface area (TPSA) is 68.0 Å². The molecule has 1 N–H and O–H groups in total. The molecule has 6 heteroatoms. The van der Waals surface area contributed by atoms with Crippen LogP contribution in [0.15, 0.2) is 28.7 Å². The van der Waals surface area contributed by atoms with E-state index < -0.39 is 0 Å². The standard InChI is InChI=1S/C15H16FN3O2/c16-12-8-6-11(7-9-12)14-18-19-15(21-14)17-13(20)10-4-2-1-3-5-10/h6-10H,1-5H2,(H,17,19,20). The van der Waals surface area contributed by atoms with Gasteiger partial charge in [0, 0.05) is 11.5 Å². The molecule has 21 heavy (non-hydrogen) atoms. The maximum Gasteiger partial charge on any atom is 0.322 e. The number of benzene rings is 1. The molecule has 1 fully saturated rings. The Hall–Kier alpha value is -2.24. The van der Waals surface area contributed by atoms with Crippen LogP contribution in [0, 0.1) is 11.7 Å². The molecule has 0 bridgehead atoms. The van der Waals surface area contributed by atoms with Gasteiger partial charge in [0.1, 0.15) is 5.82 Å². The molecule has 0 saturated heterocycles. The third kappa shape index (κ3) is 3.26. The highest BCUT2D eigenvalue weighted by atomic mass is 19.1. The van der Waals surface area contributed by atoms with Gasteiger partial charge in [-0.25, -0.2) is 4.39 Å². The third-order valence-corrected chi connectivity index (χ3v) is 3.72. The van der Waals surface area contributed by atoms with Crippen molar-refractivity contribution in [3.63, 3.8) is 0 Å². The smallest absolute Gasteiger partial charge is 0.322 e. The van der Waals surface area contributed by atoms with Crippen molar-refractivity contribution in [3.05, 3.63) is 30.1 Å².